The third-order valence-corrected chi connectivity index (χ3v) is 2.99. The molecule has 1 aliphatic heterocycles. The van der Waals surface area contributed by atoms with Crippen molar-refractivity contribution in [3.8, 4) is 0 Å². The smallest absolute Gasteiger partial charge is 0.243 e. The minimum absolute atomic E-state index is 0.0263. The molecule has 4 nitrogen and oxygen atoms in total. The Morgan fingerprint density at radius 2 is 2.31 bits per heavy atom. The number of carbonyl (C=O) groups excluding carboxylic acids is 1. The van der Waals surface area contributed by atoms with Crippen molar-refractivity contribution >= 4 is 17.3 Å². The second-order valence-electron chi connectivity index (χ2n) is 4.23. The van der Waals surface area contributed by atoms with E-state index in [2.05, 4.69) is 10.2 Å². The lowest BCUT2D eigenvalue weighted by Crippen LogP contribution is -2.46. The predicted octanol–water partition coefficient (Wildman–Crippen LogP) is 1.10. The third kappa shape index (κ3) is 1.76. The first-order valence-electron chi connectivity index (χ1n) is 5.49. The van der Waals surface area contributed by atoms with Crippen LogP contribution < -0.4 is 16.0 Å². The molecule has 0 fully saturated rings. The molecular formula is C12H17N3O. The van der Waals surface area contributed by atoms with Crippen molar-refractivity contribution in [2.24, 2.45) is 5.73 Å². The molecule has 0 bridgehead atoms. The molecular weight excluding hydrogens is 202 g/mol. The number of para-hydroxylation sites is 1. The van der Waals surface area contributed by atoms with Gasteiger partial charge in [0.15, 0.2) is 0 Å². The Hall–Kier alpha value is -1.55. The zero-order valence-electron chi connectivity index (χ0n) is 9.66. The second-order valence-corrected chi connectivity index (χ2v) is 4.23. The number of aryl methyl sites for hydroxylation is 1. The van der Waals surface area contributed by atoms with E-state index in [-0.39, 0.29) is 11.9 Å². The van der Waals surface area contributed by atoms with E-state index in [1.165, 1.54) is 0 Å². The van der Waals surface area contributed by atoms with Crippen LogP contribution in [0.15, 0.2) is 18.2 Å². The Balaban J connectivity index is 2.47. The summed E-state index contributed by atoms with van der Waals surface area (Å²) in [4.78, 5) is 13.6. The maximum Gasteiger partial charge on any atom is 0.243 e. The molecule has 1 aromatic carbocycles. The van der Waals surface area contributed by atoms with Crippen LogP contribution >= 0.6 is 0 Å². The van der Waals surface area contributed by atoms with Crippen LogP contribution in [-0.2, 0) is 4.79 Å². The fraction of sp³-hybridized carbons (Fsp3) is 0.417. The van der Waals surface area contributed by atoms with Crippen LogP contribution in [0.3, 0.4) is 0 Å². The summed E-state index contributed by atoms with van der Waals surface area (Å²) in [6.07, 6.45) is 0. The molecule has 4 heteroatoms. The maximum atomic E-state index is 11.6. The lowest BCUT2D eigenvalue weighted by molar-refractivity contribution is -0.115. The van der Waals surface area contributed by atoms with Crippen molar-refractivity contribution < 1.29 is 4.79 Å². The fourth-order valence-corrected chi connectivity index (χ4v) is 2.07. The first kappa shape index (κ1) is 11.0. The van der Waals surface area contributed by atoms with Crippen LogP contribution in [0.2, 0.25) is 0 Å². The molecule has 0 aromatic heterocycles. The van der Waals surface area contributed by atoms with Crippen LogP contribution in [0.1, 0.15) is 12.5 Å². The van der Waals surface area contributed by atoms with E-state index >= 15 is 0 Å². The minimum Gasteiger partial charge on any atom is -0.356 e. The van der Waals surface area contributed by atoms with Crippen LogP contribution in [-0.4, -0.2) is 25.0 Å². The number of fused-ring (bicyclic) bond motifs is 1. The molecule has 1 atom stereocenters. The highest BCUT2D eigenvalue weighted by molar-refractivity contribution is 6.01. The molecule has 16 heavy (non-hydrogen) atoms. The Bertz CT molecular complexity index is 417. The lowest BCUT2D eigenvalue weighted by atomic mass is 10.1. The molecule has 0 aliphatic carbocycles. The van der Waals surface area contributed by atoms with Crippen LogP contribution in [0.25, 0.3) is 0 Å². The molecule has 2 rings (SSSR count). The number of carbonyl (C=O) groups is 1. The summed E-state index contributed by atoms with van der Waals surface area (Å²) in [5.41, 5.74) is 8.83. The van der Waals surface area contributed by atoms with Crippen molar-refractivity contribution in [2.45, 2.75) is 19.9 Å². The van der Waals surface area contributed by atoms with Crippen molar-refractivity contribution in [1.82, 2.24) is 0 Å². The number of amides is 1. The molecule has 3 N–H and O–H groups in total. The lowest BCUT2D eigenvalue weighted by Gasteiger charge is -2.36. The summed E-state index contributed by atoms with van der Waals surface area (Å²) in [6, 6.07) is 6.10. The molecule has 1 aromatic rings. The van der Waals surface area contributed by atoms with Crippen molar-refractivity contribution in [3.63, 3.8) is 0 Å². The van der Waals surface area contributed by atoms with Gasteiger partial charge in [-0.1, -0.05) is 12.1 Å². The van der Waals surface area contributed by atoms with Gasteiger partial charge in [-0.05, 0) is 25.5 Å². The van der Waals surface area contributed by atoms with Crippen LogP contribution in [0, 0.1) is 6.92 Å². The standard InChI is InChI=1S/C12H17N3O/c1-8-4-3-5-10-12(8)15(9(2)6-13)7-11(16)14-10/h3-5,9H,6-7,13H2,1-2H3,(H,14,16). The van der Waals surface area contributed by atoms with Gasteiger partial charge in [0.25, 0.3) is 0 Å². The molecule has 1 unspecified atom stereocenters. The Morgan fingerprint density at radius 3 is 3.00 bits per heavy atom. The highest BCUT2D eigenvalue weighted by Gasteiger charge is 2.26. The summed E-state index contributed by atoms with van der Waals surface area (Å²) in [7, 11) is 0. The summed E-state index contributed by atoms with van der Waals surface area (Å²) < 4.78 is 0. The number of nitrogens with two attached hydrogens (primary N) is 1. The van der Waals surface area contributed by atoms with Gasteiger partial charge >= 0.3 is 0 Å². The average molecular weight is 219 g/mol. The zero-order valence-corrected chi connectivity index (χ0v) is 9.66. The third-order valence-electron chi connectivity index (χ3n) is 2.99. The fourth-order valence-electron chi connectivity index (χ4n) is 2.07. The molecule has 1 aliphatic rings. The summed E-state index contributed by atoms with van der Waals surface area (Å²) >= 11 is 0. The molecule has 0 saturated carbocycles. The first-order valence-corrected chi connectivity index (χ1v) is 5.49. The zero-order chi connectivity index (χ0) is 11.7. The largest absolute Gasteiger partial charge is 0.356 e. The van der Waals surface area contributed by atoms with Gasteiger partial charge < -0.3 is 16.0 Å². The van der Waals surface area contributed by atoms with Gasteiger partial charge in [0.05, 0.1) is 17.9 Å². The number of anilines is 2. The average Bonchev–Trinajstić information content (AvgIpc) is 2.27. The quantitative estimate of drug-likeness (QED) is 0.783. The number of hydrogen-bond donors (Lipinski definition) is 2. The highest BCUT2D eigenvalue weighted by Crippen LogP contribution is 2.33. The topological polar surface area (TPSA) is 58.4 Å². The number of benzene rings is 1. The van der Waals surface area contributed by atoms with Gasteiger partial charge in [0.1, 0.15) is 0 Å². The Kier molecular flexibility index (Phi) is 2.83. The van der Waals surface area contributed by atoms with Gasteiger partial charge in [-0.15, -0.1) is 0 Å². The van der Waals surface area contributed by atoms with E-state index in [0.29, 0.717) is 13.1 Å². The minimum atomic E-state index is 0.0263. The van der Waals surface area contributed by atoms with Crippen molar-refractivity contribution in [3.05, 3.63) is 23.8 Å². The van der Waals surface area contributed by atoms with Crippen LogP contribution in [0.5, 0.6) is 0 Å². The summed E-state index contributed by atoms with van der Waals surface area (Å²) in [6.45, 7) is 5.01. The van der Waals surface area contributed by atoms with Gasteiger partial charge in [0, 0.05) is 12.6 Å². The number of nitrogens with one attached hydrogen (secondary N) is 1. The van der Waals surface area contributed by atoms with E-state index in [1.54, 1.807) is 0 Å². The molecule has 1 heterocycles. The van der Waals surface area contributed by atoms with Crippen LogP contribution in [0.4, 0.5) is 11.4 Å². The van der Waals surface area contributed by atoms with Gasteiger partial charge in [-0.2, -0.15) is 0 Å². The van der Waals surface area contributed by atoms with Crippen molar-refractivity contribution in [1.29, 1.82) is 0 Å². The molecule has 0 radical (unpaired) electrons. The monoisotopic (exact) mass is 219 g/mol. The van der Waals surface area contributed by atoms with Gasteiger partial charge in [-0.25, -0.2) is 0 Å². The maximum absolute atomic E-state index is 11.6. The van der Waals surface area contributed by atoms with Gasteiger partial charge in [-0.3, -0.25) is 4.79 Å². The number of hydrogen-bond acceptors (Lipinski definition) is 3. The first-order chi connectivity index (χ1) is 7.63. The van der Waals surface area contributed by atoms with E-state index in [9.17, 15) is 4.79 Å². The molecule has 0 saturated heterocycles. The summed E-state index contributed by atoms with van der Waals surface area (Å²) in [5.74, 6) is 0.0263. The van der Waals surface area contributed by atoms with E-state index < -0.39 is 0 Å². The number of nitrogens with zero attached hydrogens (tertiary/aromatic N) is 1. The Morgan fingerprint density at radius 1 is 1.56 bits per heavy atom. The highest BCUT2D eigenvalue weighted by atomic mass is 16.2. The SMILES string of the molecule is Cc1cccc2c1N(C(C)CN)CC(=O)N2. The van der Waals surface area contributed by atoms with E-state index in [4.69, 9.17) is 5.73 Å². The molecule has 86 valence electrons. The predicted molar refractivity (Wildman–Crippen MR) is 65.7 cm³/mol. The molecule has 0 spiro atoms. The molecule has 1 amide bonds. The normalized spacial score (nSPS) is 16.7. The second kappa shape index (κ2) is 4.14. The van der Waals surface area contributed by atoms with Crippen molar-refractivity contribution in [2.75, 3.05) is 23.3 Å². The van der Waals surface area contributed by atoms with E-state index in [0.717, 1.165) is 16.9 Å². The Labute approximate surface area is 95.4 Å². The number of rotatable bonds is 2. The summed E-state index contributed by atoms with van der Waals surface area (Å²) in [5, 5.41) is 2.89. The van der Waals surface area contributed by atoms with E-state index in [1.807, 2.05) is 32.0 Å². The van der Waals surface area contributed by atoms with Gasteiger partial charge in [0.2, 0.25) is 5.91 Å².